The Morgan fingerprint density at radius 2 is 1.70 bits per heavy atom. The maximum atomic E-state index is 12.5. The fraction of sp³-hybridized carbons (Fsp3) is 0.143. The van der Waals surface area contributed by atoms with Crippen LogP contribution in [0.4, 0.5) is 0 Å². The first-order valence-corrected chi connectivity index (χ1v) is 8.63. The van der Waals surface area contributed by atoms with Crippen LogP contribution >= 0.6 is 0 Å². The molecule has 0 aliphatic heterocycles. The molecular formula is C21H20N4O2. The molecule has 2 amide bonds. The van der Waals surface area contributed by atoms with Crippen molar-refractivity contribution in [3.8, 4) is 0 Å². The van der Waals surface area contributed by atoms with E-state index in [4.69, 9.17) is 0 Å². The van der Waals surface area contributed by atoms with Crippen molar-refractivity contribution in [2.75, 3.05) is 0 Å². The molecule has 1 unspecified atom stereocenters. The van der Waals surface area contributed by atoms with E-state index >= 15 is 0 Å². The lowest BCUT2D eigenvalue weighted by atomic mass is 10.1. The monoisotopic (exact) mass is 360 g/mol. The molecule has 2 heterocycles. The van der Waals surface area contributed by atoms with Crippen LogP contribution in [-0.2, 0) is 6.54 Å². The summed E-state index contributed by atoms with van der Waals surface area (Å²) in [5.74, 6) is -0.612. The van der Waals surface area contributed by atoms with Gasteiger partial charge in [0.2, 0.25) is 0 Å². The Kier molecular flexibility index (Phi) is 5.89. The minimum Gasteiger partial charge on any atom is -0.346 e. The first-order valence-electron chi connectivity index (χ1n) is 8.63. The SMILES string of the molecule is CC(NC(=O)c1ccnc(C(=O)NCc2ccccn2)c1)c1ccccc1. The maximum Gasteiger partial charge on any atom is 0.270 e. The zero-order valence-electron chi connectivity index (χ0n) is 14.9. The highest BCUT2D eigenvalue weighted by Crippen LogP contribution is 2.12. The molecule has 6 heteroatoms. The van der Waals surface area contributed by atoms with Gasteiger partial charge in [-0.25, -0.2) is 0 Å². The number of benzene rings is 1. The summed E-state index contributed by atoms with van der Waals surface area (Å²) < 4.78 is 0. The molecule has 0 fully saturated rings. The van der Waals surface area contributed by atoms with Gasteiger partial charge in [0.05, 0.1) is 18.3 Å². The lowest BCUT2D eigenvalue weighted by Crippen LogP contribution is -2.28. The van der Waals surface area contributed by atoms with Crippen LogP contribution in [0.1, 0.15) is 45.1 Å². The van der Waals surface area contributed by atoms with Gasteiger partial charge in [-0.3, -0.25) is 19.6 Å². The van der Waals surface area contributed by atoms with Crippen LogP contribution in [0.5, 0.6) is 0 Å². The molecule has 1 aromatic carbocycles. The second-order valence-corrected chi connectivity index (χ2v) is 6.04. The van der Waals surface area contributed by atoms with E-state index in [1.807, 2.05) is 55.5 Å². The number of hydrogen-bond donors (Lipinski definition) is 2. The molecule has 0 aliphatic carbocycles. The lowest BCUT2D eigenvalue weighted by molar-refractivity contribution is 0.0939. The minimum atomic E-state index is -0.355. The molecule has 136 valence electrons. The van der Waals surface area contributed by atoms with Crippen molar-refractivity contribution in [2.45, 2.75) is 19.5 Å². The molecule has 27 heavy (non-hydrogen) atoms. The molecule has 1 atom stereocenters. The Morgan fingerprint density at radius 1 is 0.926 bits per heavy atom. The van der Waals surface area contributed by atoms with Crippen molar-refractivity contribution in [1.29, 1.82) is 0 Å². The summed E-state index contributed by atoms with van der Waals surface area (Å²) in [5, 5.41) is 5.68. The zero-order chi connectivity index (χ0) is 19.1. The number of rotatable bonds is 6. The molecule has 6 nitrogen and oxygen atoms in total. The van der Waals surface area contributed by atoms with E-state index in [-0.39, 0.29) is 23.6 Å². The predicted octanol–water partition coefficient (Wildman–Crippen LogP) is 2.90. The van der Waals surface area contributed by atoms with Gasteiger partial charge in [-0.05, 0) is 36.8 Å². The van der Waals surface area contributed by atoms with E-state index in [1.165, 1.54) is 12.3 Å². The first kappa shape index (κ1) is 18.3. The molecule has 0 saturated carbocycles. The van der Waals surface area contributed by atoms with Gasteiger partial charge in [-0.2, -0.15) is 0 Å². The van der Waals surface area contributed by atoms with Crippen LogP contribution in [-0.4, -0.2) is 21.8 Å². The molecule has 0 saturated heterocycles. The van der Waals surface area contributed by atoms with Gasteiger partial charge in [-0.1, -0.05) is 36.4 Å². The molecule has 2 aromatic heterocycles. The highest BCUT2D eigenvalue weighted by atomic mass is 16.2. The van der Waals surface area contributed by atoms with Crippen molar-refractivity contribution >= 4 is 11.8 Å². The molecular weight excluding hydrogens is 340 g/mol. The van der Waals surface area contributed by atoms with Crippen LogP contribution in [0.25, 0.3) is 0 Å². The van der Waals surface area contributed by atoms with Gasteiger partial charge in [0, 0.05) is 18.0 Å². The Labute approximate surface area is 157 Å². The molecule has 2 N–H and O–H groups in total. The van der Waals surface area contributed by atoms with Crippen LogP contribution < -0.4 is 10.6 Å². The number of hydrogen-bond acceptors (Lipinski definition) is 4. The summed E-state index contributed by atoms with van der Waals surface area (Å²) in [6.45, 7) is 2.21. The minimum absolute atomic E-state index is 0.145. The third-order valence-electron chi connectivity index (χ3n) is 4.06. The Hall–Kier alpha value is -3.54. The largest absolute Gasteiger partial charge is 0.346 e. The number of aromatic nitrogens is 2. The van der Waals surface area contributed by atoms with E-state index in [9.17, 15) is 9.59 Å². The summed E-state index contributed by atoms with van der Waals surface area (Å²) in [6, 6.07) is 18.1. The first-order chi connectivity index (χ1) is 13.1. The number of carbonyl (C=O) groups is 2. The number of nitrogens with one attached hydrogen (secondary N) is 2. The summed E-state index contributed by atoms with van der Waals surface area (Å²) in [7, 11) is 0. The van der Waals surface area contributed by atoms with Crippen molar-refractivity contribution in [3.05, 3.63) is 95.6 Å². The third kappa shape index (κ3) is 4.98. The number of pyridine rings is 2. The van der Waals surface area contributed by atoms with Crippen molar-refractivity contribution in [3.63, 3.8) is 0 Å². The number of carbonyl (C=O) groups excluding carboxylic acids is 2. The molecule has 0 radical (unpaired) electrons. The quantitative estimate of drug-likeness (QED) is 0.708. The van der Waals surface area contributed by atoms with E-state index in [0.717, 1.165) is 11.3 Å². The Balaban J connectivity index is 1.64. The zero-order valence-corrected chi connectivity index (χ0v) is 14.9. The highest BCUT2D eigenvalue weighted by molar-refractivity contribution is 5.98. The van der Waals surface area contributed by atoms with E-state index in [0.29, 0.717) is 12.1 Å². The molecule has 0 spiro atoms. The van der Waals surface area contributed by atoms with Crippen LogP contribution in [0.2, 0.25) is 0 Å². The van der Waals surface area contributed by atoms with Gasteiger partial charge in [0.15, 0.2) is 0 Å². The molecule has 0 bridgehead atoms. The Bertz CT molecular complexity index is 914. The van der Waals surface area contributed by atoms with Crippen LogP contribution in [0.3, 0.4) is 0 Å². The van der Waals surface area contributed by atoms with E-state index < -0.39 is 0 Å². The van der Waals surface area contributed by atoms with Gasteiger partial charge in [0.25, 0.3) is 11.8 Å². The lowest BCUT2D eigenvalue weighted by Gasteiger charge is -2.14. The number of amides is 2. The smallest absolute Gasteiger partial charge is 0.270 e. The topological polar surface area (TPSA) is 84.0 Å². The second kappa shape index (κ2) is 8.71. The molecule has 0 aliphatic rings. The van der Waals surface area contributed by atoms with Crippen LogP contribution in [0, 0.1) is 0 Å². The maximum absolute atomic E-state index is 12.5. The fourth-order valence-corrected chi connectivity index (χ4v) is 2.57. The summed E-state index contributed by atoms with van der Waals surface area (Å²) in [6.07, 6.45) is 3.12. The standard InChI is InChI=1S/C21H20N4O2/c1-15(16-7-3-2-4-8-16)25-20(26)17-10-12-23-19(13-17)21(27)24-14-18-9-5-6-11-22-18/h2-13,15H,14H2,1H3,(H,24,27)(H,25,26). The van der Waals surface area contributed by atoms with Gasteiger partial charge in [0.1, 0.15) is 5.69 Å². The van der Waals surface area contributed by atoms with Crippen LogP contribution in [0.15, 0.2) is 73.1 Å². The van der Waals surface area contributed by atoms with Crippen molar-refractivity contribution in [2.24, 2.45) is 0 Å². The van der Waals surface area contributed by atoms with E-state index in [2.05, 4.69) is 20.6 Å². The molecule has 3 aromatic rings. The normalized spacial score (nSPS) is 11.4. The summed E-state index contributed by atoms with van der Waals surface area (Å²) in [5.41, 5.74) is 2.33. The highest BCUT2D eigenvalue weighted by Gasteiger charge is 2.14. The van der Waals surface area contributed by atoms with Gasteiger partial charge < -0.3 is 10.6 Å². The van der Waals surface area contributed by atoms with Crippen molar-refractivity contribution < 1.29 is 9.59 Å². The Morgan fingerprint density at radius 3 is 2.44 bits per heavy atom. The average Bonchev–Trinajstić information content (AvgIpc) is 2.73. The summed E-state index contributed by atoms with van der Waals surface area (Å²) >= 11 is 0. The third-order valence-corrected chi connectivity index (χ3v) is 4.06. The van der Waals surface area contributed by atoms with E-state index in [1.54, 1.807) is 12.3 Å². The number of nitrogens with zero attached hydrogens (tertiary/aromatic N) is 2. The van der Waals surface area contributed by atoms with Gasteiger partial charge in [-0.15, -0.1) is 0 Å². The second-order valence-electron chi connectivity index (χ2n) is 6.04. The van der Waals surface area contributed by atoms with Gasteiger partial charge >= 0.3 is 0 Å². The van der Waals surface area contributed by atoms with Crippen molar-refractivity contribution in [1.82, 2.24) is 20.6 Å². The molecule has 3 rings (SSSR count). The average molecular weight is 360 g/mol. The predicted molar refractivity (Wildman–Crippen MR) is 102 cm³/mol. The summed E-state index contributed by atoms with van der Waals surface area (Å²) in [4.78, 5) is 33.0. The fourth-order valence-electron chi connectivity index (χ4n) is 2.57.